The average molecular weight is 289 g/mol. The molecule has 2 fully saturated rings. The van der Waals surface area contributed by atoms with Gasteiger partial charge < -0.3 is 20.6 Å². The van der Waals surface area contributed by atoms with Gasteiger partial charge in [-0.25, -0.2) is 0 Å². The van der Waals surface area contributed by atoms with E-state index < -0.39 is 0 Å². The minimum atomic E-state index is 0.163. The molecule has 5 heteroatoms. The normalized spacial score (nSPS) is 26.5. The highest BCUT2D eigenvalue weighted by molar-refractivity contribution is 5.98. The van der Waals surface area contributed by atoms with Crippen LogP contribution in [0.2, 0.25) is 0 Å². The van der Waals surface area contributed by atoms with Gasteiger partial charge in [-0.3, -0.25) is 0 Å². The van der Waals surface area contributed by atoms with Crippen molar-refractivity contribution in [3.05, 3.63) is 29.3 Å². The number of fused-ring (bicyclic) bond motifs is 1. The van der Waals surface area contributed by atoms with Crippen LogP contribution in [0, 0.1) is 6.92 Å². The van der Waals surface area contributed by atoms with Crippen molar-refractivity contribution in [1.82, 2.24) is 0 Å². The fourth-order valence-corrected chi connectivity index (χ4v) is 3.58. The SMILES string of the molecule is Cc1cc(N2CCOC3CCCCC32)ccc1/C(N)=N/O. The maximum absolute atomic E-state index is 8.82. The van der Waals surface area contributed by atoms with Crippen LogP contribution in [0.5, 0.6) is 0 Å². The summed E-state index contributed by atoms with van der Waals surface area (Å²) < 4.78 is 5.93. The summed E-state index contributed by atoms with van der Waals surface area (Å²) in [6.07, 6.45) is 5.30. The Labute approximate surface area is 125 Å². The average Bonchev–Trinajstić information content (AvgIpc) is 2.53. The highest BCUT2D eigenvalue weighted by Crippen LogP contribution is 2.32. The summed E-state index contributed by atoms with van der Waals surface area (Å²) in [5, 5.41) is 11.9. The molecule has 1 saturated carbocycles. The van der Waals surface area contributed by atoms with Gasteiger partial charge in [0, 0.05) is 17.8 Å². The summed E-state index contributed by atoms with van der Waals surface area (Å²) in [5.74, 6) is 0.163. The molecular formula is C16H23N3O2. The largest absolute Gasteiger partial charge is 0.409 e. The minimum Gasteiger partial charge on any atom is -0.409 e. The van der Waals surface area contributed by atoms with Gasteiger partial charge in [0.15, 0.2) is 5.84 Å². The van der Waals surface area contributed by atoms with E-state index in [0.29, 0.717) is 12.1 Å². The molecule has 2 unspecified atom stereocenters. The number of anilines is 1. The van der Waals surface area contributed by atoms with Crippen LogP contribution in [0.4, 0.5) is 5.69 Å². The second-order valence-corrected chi connectivity index (χ2v) is 5.94. The van der Waals surface area contributed by atoms with Crippen molar-refractivity contribution in [1.29, 1.82) is 0 Å². The number of hydrogen-bond acceptors (Lipinski definition) is 4. The third kappa shape index (κ3) is 2.70. The van der Waals surface area contributed by atoms with Crippen molar-refractivity contribution in [2.45, 2.75) is 44.8 Å². The fraction of sp³-hybridized carbons (Fsp3) is 0.562. The third-order valence-corrected chi connectivity index (χ3v) is 4.66. The zero-order valence-corrected chi connectivity index (χ0v) is 12.5. The van der Waals surface area contributed by atoms with Gasteiger partial charge in [-0.2, -0.15) is 0 Å². The molecule has 0 spiro atoms. The van der Waals surface area contributed by atoms with Crippen molar-refractivity contribution in [3.8, 4) is 0 Å². The van der Waals surface area contributed by atoms with Crippen LogP contribution in [0.3, 0.4) is 0 Å². The van der Waals surface area contributed by atoms with E-state index in [9.17, 15) is 0 Å². The second-order valence-electron chi connectivity index (χ2n) is 5.94. The van der Waals surface area contributed by atoms with E-state index in [-0.39, 0.29) is 5.84 Å². The number of aryl methyl sites for hydroxylation is 1. The van der Waals surface area contributed by atoms with Gasteiger partial charge >= 0.3 is 0 Å². The Morgan fingerprint density at radius 2 is 2.19 bits per heavy atom. The van der Waals surface area contributed by atoms with Gasteiger partial charge in [0.1, 0.15) is 0 Å². The molecule has 0 radical (unpaired) electrons. The fourth-order valence-electron chi connectivity index (χ4n) is 3.58. The predicted octanol–water partition coefficient (Wildman–Crippen LogP) is 2.24. The highest BCUT2D eigenvalue weighted by atomic mass is 16.5. The van der Waals surface area contributed by atoms with Gasteiger partial charge in [0.25, 0.3) is 0 Å². The standard InChI is InChI=1S/C16H23N3O2/c1-11-10-12(6-7-13(11)16(17)18-20)19-8-9-21-15-5-3-2-4-14(15)19/h6-7,10,14-15,20H,2-5,8-9H2,1H3,(H2,17,18). The molecule has 5 nitrogen and oxygen atoms in total. The Bertz CT molecular complexity index is 542. The minimum absolute atomic E-state index is 0.163. The molecule has 1 heterocycles. The van der Waals surface area contributed by atoms with Crippen molar-refractivity contribution < 1.29 is 9.94 Å². The molecule has 0 aromatic heterocycles. The molecule has 3 rings (SSSR count). The number of ether oxygens (including phenoxy) is 1. The van der Waals surface area contributed by atoms with Gasteiger partial charge in [0.2, 0.25) is 0 Å². The number of morpholine rings is 1. The van der Waals surface area contributed by atoms with Crippen LogP contribution >= 0.6 is 0 Å². The molecule has 3 N–H and O–H groups in total. The van der Waals surface area contributed by atoms with Crippen molar-refractivity contribution in [3.63, 3.8) is 0 Å². The zero-order chi connectivity index (χ0) is 14.8. The molecule has 2 atom stereocenters. The van der Waals surface area contributed by atoms with E-state index in [1.807, 2.05) is 13.0 Å². The lowest BCUT2D eigenvalue weighted by Gasteiger charge is -2.45. The molecule has 1 saturated heterocycles. The molecule has 0 bridgehead atoms. The quantitative estimate of drug-likeness (QED) is 0.379. The van der Waals surface area contributed by atoms with Gasteiger partial charge in [-0.15, -0.1) is 0 Å². The number of nitrogens with zero attached hydrogens (tertiary/aromatic N) is 2. The Morgan fingerprint density at radius 1 is 1.38 bits per heavy atom. The van der Waals surface area contributed by atoms with Gasteiger partial charge in [-0.1, -0.05) is 18.0 Å². The molecule has 1 aromatic rings. The number of rotatable bonds is 2. The first-order valence-corrected chi connectivity index (χ1v) is 7.67. The summed E-state index contributed by atoms with van der Waals surface area (Å²) in [7, 11) is 0. The molecule has 2 aliphatic rings. The smallest absolute Gasteiger partial charge is 0.170 e. The van der Waals surface area contributed by atoms with E-state index in [0.717, 1.165) is 24.3 Å². The van der Waals surface area contributed by atoms with E-state index >= 15 is 0 Å². The zero-order valence-electron chi connectivity index (χ0n) is 12.5. The predicted molar refractivity (Wildman–Crippen MR) is 83.0 cm³/mol. The molecule has 1 aromatic carbocycles. The summed E-state index contributed by atoms with van der Waals surface area (Å²) >= 11 is 0. The Kier molecular flexibility index (Phi) is 4.01. The molecule has 1 aliphatic heterocycles. The van der Waals surface area contributed by atoms with Crippen molar-refractivity contribution in [2.75, 3.05) is 18.1 Å². The summed E-state index contributed by atoms with van der Waals surface area (Å²) in [6, 6.07) is 6.62. The Morgan fingerprint density at radius 3 is 2.95 bits per heavy atom. The van der Waals surface area contributed by atoms with Gasteiger partial charge in [0.05, 0.1) is 18.8 Å². The maximum Gasteiger partial charge on any atom is 0.170 e. The summed E-state index contributed by atoms with van der Waals surface area (Å²) in [6.45, 7) is 3.72. The van der Waals surface area contributed by atoms with E-state index in [1.165, 1.54) is 31.4 Å². The monoisotopic (exact) mass is 289 g/mol. The third-order valence-electron chi connectivity index (χ3n) is 4.66. The second kappa shape index (κ2) is 5.93. The van der Waals surface area contributed by atoms with E-state index in [2.05, 4.69) is 22.2 Å². The number of oxime groups is 1. The lowest BCUT2D eigenvalue weighted by atomic mass is 9.89. The molecule has 0 amide bonds. The Hall–Kier alpha value is -1.75. The van der Waals surface area contributed by atoms with Crippen LogP contribution in [0.25, 0.3) is 0 Å². The molecular weight excluding hydrogens is 266 g/mol. The number of nitrogens with two attached hydrogens (primary N) is 1. The maximum atomic E-state index is 8.82. The van der Waals surface area contributed by atoms with Gasteiger partial charge in [-0.05, 0) is 43.5 Å². The van der Waals surface area contributed by atoms with Crippen molar-refractivity contribution in [2.24, 2.45) is 10.9 Å². The van der Waals surface area contributed by atoms with Crippen molar-refractivity contribution >= 4 is 11.5 Å². The molecule has 1 aliphatic carbocycles. The highest BCUT2D eigenvalue weighted by Gasteiger charge is 2.34. The first-order valence-electron chi connectivity index (χ1n) is 7.67. The van der Waals surface area contributed by atoms with E-state index in [1.54, 1.807) is 0 Å². The van der Waals surface area contributed by atoms with E-state index in [4.69, 9.17) is 15.7 Å². The lowest BCUT2D eigenvalue weighted by molar-refractivity contribution is -0.00868. The summed E-state index contributed by atoms with van der Waals surface area (Å²) in [4.78, 5) is 2.47. The molecule has 21 heavy (non-hydrogen) atoms. The summed E-state index contributed by atoms with van der Waals surface area (Å²) in [5.41, 5.74) is 8.72. The Balaban J connectivity index is 1.87. The number of amidine groups is 1. The first kappa shape index (κ1) is 14.2. The number of benzene rings is 1. The van der Waals surface area contributed by atoms with Crippen LogP contribution in [0.1, 0.15) is 36.8 Å². The van der Waals surface area contributed by atoms with Crippen LogP contribution in [-0.4, -0.2) is 36.3 Å². The number of hydrogen-bond donors (Lipinski definition) is 2. The lowest BCUT2D eigenvalue weighted by Crippen LogP contribution is -2.52. The van der Waals surface area contributed by atoms with Crippen LogP contribution in [0.15, 0.2) is 23.4 Å². The topological polar surface area (TPSA) is 71.1 Å². The van der Waals surface area contributed by atoms with Crippen LogP contribution < -0.4 is 10.6 Å². The molecule has 114 valence electrons. The first-order chi connectivity index (χ1) is 10.2. The van der Waals surface area contributed by atoms with Crippen LogP contribution in [-0.2, 0) is 4.74 Å².